The normalized spacial score (nSPS) is 10.7. The molecule has 1 heterocycles. The molecular formula is C17H11F2NO2S. The Bertz CT molecular complexity index is 871. The molecule has 3 aromatic rings. The Morgan fingerprint density at radius 3 is 2.43 bits per heavy atom. The van der Waals surface area contributed by atoms with Gasteiger partial charge in [0.2, 0.25) is 0 Å². The largest absolute Gasteiger partial charge is 0.505 e. The highest BCUT2D eigenvalue weighted by atomic mass is 32.2. The number of phenols is 2. The summed E-state index contributed by atoms with van der Waals surface area (Å²) in [6.07, 6.45) is 0. The molecule has 0 amide bonds. The Labute approximate surface area is 135 Å². The van der Waals surface area contributed by atoms with Gasteiger partial charge in [-0.15, -0.1) is 0 Å². The van der Waals surface area contributed by atoms with E-state index in [1.54, 1.807) is 18.2 Å². The van der Waals surface area contributed by atoms with Gasteiger partial charge in [-0.3, -0.25) is 0 Å². The summed E-state index contributed by atoms with van der Waals surface area (Å²) in [5.74, 6) is -2.31. The van der Waals surface area contributed by atoms with E-state index < -0.39 is 23.1 Å². The summed E-state index contributed by atoms with van der Waals surface area (Å²) in [7, 11) is 0. The molecule has 1 aromatic heterocycles. The van der Waals surface area contributed by atoms with E-state index in [0.29, 0.717) is 15.6 Å². The summed E-state index contributed by atoms with van der Waals surface area (Å²) < 4.78 is 27.0. The second kappa shape index (κ2) is 6.26. The van der Waals surface area contributed by atoms with Crippen molar-refractivity contribution in [3.8, 4) is 22.8 Å². The van der Waals surface area contributed by atoms with Crippen molar-refractivity contribution in [1.29, 1.82) is 0 Å². The van der Waals surface area contributed by atoms with Crippen LogP contribution in [0.3, 0.4) is 0 Å². The van der Waals surface area contributed by atoms with Gasteiger partial charge in [0.25, 0.3) is 0 Å². The summed E-state index contributed by atoms with van der Waals surface area (Å²) in [6, 6.07) is 13.3. The molecular weight excluding hydrogens is 320 g/mol. The summed E-state index contributed by atoms with van der Waals surface area (Å²) in [6.45, 7) is 0. The minimum Gasteiger partial charge on any atom is -0.505 e. The molecule has 0 fully saturated rings. The quantitative estimate of drug-likeness (QED) is 0.737. The van der Waals surface area contributed by atoms with Crippen molar-refractivity contribution in [1.82, 2.24) is 4.98 Å². The number of phenolic OH excluding ortho intramolecular Hbond substituents is 2. The predicted octanol–water partition coefficient (Wildman–Crippen LogP) is 4.59. The Kier molecular flexibility index (Phi) is 4.16. The molecule has 0 saturated heterocycles. The minimum absolute atomic E-state index is 0.189. The van der Waals surface area contributed by atoms with Crippen molar-refractivity contribution in [3.05, 3.63) is 66.2 Å². The lowest BCUT2D eigenvalue weighted by atomic mass is 10.1. The van der Waals surface area contributed by atoms with Gasteiger partial charge >= 0.3 is 0 Å². The number of nitrogens with zero attached hydrogens (tertiary/aromatic N) is 1. The first-order valence-electron chi connectivity index (χ1n) is 6.66. The van der Waals surface area contributed by atoms with Crippen LogP contribution in [0, 0.1) is 11.6 Å². The smallest absolute Gasteiger partial charge is 0.174 e. The number of rotatable bonds is 3. The lowest BCUT2D eigenvalue weighted by Crippen LogP contribution is -1.90. The molecule has 0 spiro atoms. The lowest BCUT2D eigenvalue weighted by molar-refractivity contribution is 0.430. The topological polar surface area (TPSA) is 53.4 Å². The number of halogens is 2. The van der Waals surface area contributed by atoms with E-state index in [9.17, 15) is 19.0 Å². The maximum atomic E-state index is 14.0. The molecule has 2 aromatic carbocycles. The van der Waals surface area contributed by atoms with Crippen LogP contribution in [-0.4, -0.2) is 15.2 Å². The van der Waals surface area contributed by atoms with Gasteiger partial charge in [0.05, 0.1) is 5.69 Å². The standard InChI is InChI=1S/C17H11F2NO2S/c18-12-8-7-10(9-15(12)22)23-16-6-2-4-13(20-16)11-3-1-5-14(21)17(11)19/h1-9,21-22H. The summed E-state index contributed by atoms with van der Waals surface area (Å²) in [5, 5.41) is 19.4. The van der Waals surface area contributed by atoms with Crippen LogP contribution in [-0.2, 0) is 0 Å². The molecule has 0 aliphatic carbocycles. The van der Waals surface area contributed by atoms with Crippen molar-refractivity contribution in [2.75, 3.05) is 0 Å². The Morgan fingerprint density at radius 2 is 1.65 bits per heavy atom. The van der Waals surface area contributed by atoms with E-state index in [4.69, 9.17) is 0 Å². The van der Waals surface area contributed by atoms with Crippen LogP contribution in [0.1, 0.15) is 0 Å². The van der Waals surface area contributed by atoms with Crippen LogP contribution in [0.25, 0.3) is 11.3 Å². The number of benzene rings is 2. The maximum absolute atomic E-state index is 14.0. The van der Waals surface area contributed by atoms with Crippen LogP contribution in [0.5, 0.6) is 11.5 Å². The Balaban J connectivity index is 1.93. The van der Waals surface area contributed by atoms with Crippen molar-refractivity contribution >= 4 is 11.8 Å². The number of hydrogen-bond acceptors (Lipinski definition) is 4. The third-order valence-electron chi connectivity index (χ3n) is 3.12. The van der Waals surface area contributed by atoms with Crippen molar-refractivity contribution in [3.63, 3.8) is 0 Å². The summed E-state index contributed by atoms with van der Waals surface area (Å²) >= 11 is 1.21. The first kappa shape index (κ1) is 15.3. The van der Waals surface area contributed by atoms with Crippen LogP contribution >= 0.6 is 11.8 Å². The maximum Gasteiger partial charge on any atom is 0.174 e. The summed E-state index contributed by atoms with van der Waals surface area (Å²) in [5.41, 5.74) is 0.559. The number of pyridine rings is 1. The van der Waals surface area contributed by atoms with E-state index in [2.05, 4.69) is 4.98 Å². The van der Waals surface area contributed by atoms with Gasteiger partial charge in [0.1, 0.15) is 5.03 Å². The van der Waals surface area contributed by atoms with E-state index in [1.807, 2.05) is 0 Å². The average Bonchev–Trinajstić information content (AvgIpc) is 2.54. The zero-order valence-electron chi connectivity index (χ0n) is 11.7. The molecule has 0 aliphatic rings. The van der Waals surface area contributed by atoms with E-state index in [0.717, 1.165) is 6.07 Å². The molecule has 2 N–H and O–H groups in total. The fourth-order valence-corrected chi connectivity index (χ4v) is 2.85. The molecule has 3 rings (SSSR count). The fraction of sp³-hybridized carbons (Fsp3) is 0. The predicted molar refractivity (Wildman–Crippen MR) is 83.5 cm³/mol. The van der Waals surface area contributed by atoms with Crippen molar-refractivity contribution in [2.45, 2.75) is 9.92 Å². The van der Waals surface area contributed by atoms with E-state index in [-0.39, 0.29) is 5.56 Å². The highest BCUT2D eigenvalue weighted by Crippen LogP contribution is 2.32. The number of hydrogen-bond donors (Lipinski definition) is 2. The SMILES string of the molecule is Oc1cc(Sc2cccc(-c3cccc(O)c3F)n2)ccc1F. The minimum atomic E-state index is -0.735. The second-order valence-electron chi connectivity index (χ2n) is 4.72. The second-order valence-corrected chi connectivity index (χ2v) is 5.81. The van der Waals surface area contributed by atoms with Gasteiger partial charge in [-0.1, -0.05) is 23.9 Å². The molecule has 6 heteroatoms. The van der Waals surface area contributed by atoms with Crippen LogP contribution in [0.2, 0.25) is 0 Å². The molecule has 0 radical (unpaired) electrons. The van der Waals surface area contributed by atoms with E-state index >= 15 is 0 Å². The molecule has 23 heavy (non-hydrogen) atoms. The highest BCUT2D eigenvalue weighted by molar-refractivity contribution is 7.99. The molecule has 0 saturated carbocycles. The van der Waals surface area contributed by atoms with E-state index in [1.165, 1.54) is 42.1 Å². The number of aromatic nitrogens is 1. The van der Waals surface area contributed by atoms with Crippen LogP contribution in [0.4, 0.5) is 8.78 Å². The van der Waals surface area contributed by atoms with Gasteiger partial charge in [0, 0.05) is 10.5 Å². The van der Waals surface area contributed by atoms with Gasteiger partial charge in [-0.25, -0.2) is 13.8 Å². The van der Waals surface area contributed by atoms with Gasteiger partial charge in [-0.2, -0.15) is 0 Å². The first-order chi connectivity index (χ1) is 11.0. The Morgan fingerprint density at radius 1 is 0.870 bits per heavy atom. The highest BCUT2D eigenvalue weighted by Gasteiger charge is 2.11. The molecule has 116 valence electrons. The number of aromatic hydroxyl groups is 2. The molecule has 3 nitrogen and oxygen atoms in total. The fourth-order valence-electron chi connectivity index (χ4n) is 2.02. The van der Waals surface area contributed by atoms with Gasteiger partial charge < -0.3 is 10.2 Å². The molecule has 0 aliphatic heterocycles. The molecule has 0 bridgehead atoms. The molecule has 0 unspecified atom stereocenters. The van der Waals surface area contributed by atoms with Gasteiger partial charge in [-0.05, 0) is 42.5 Å². The van der Waals surface area contributed by atoms with Crippen molar-refractivity contribution in [2.24, 2.45) is 0 Å². The third kappa shape index (κ3) is 3.27. The van der Waals surface area contributed by atoms with Crippen LogP contribution < -0.4 is 0 Å². The summed E-state index contributed by atoms with van der Waals surface area (Å²) in [4.78, 5) is 4.93. The van der Waals surface area contributed by atoms with Crippen molar-refractivity contribution < 1.29 is 19.0 Å². The lowest BCUT2D eigenvalue weighted by Gasteiger charge is -2.07. The average molecular weight is 331 g/mol. The Hall–Kier alpha value is -2.60. The first-order valence-corrected chi connectivity index (χ1v) is 7.47. The zero-order chi connectivity index (χ0) is 16.4. The zero-order valence-corrected chi connectivity index (χ0v) is 12.5. The third-order valence-corrected chi connectivity index (χ3v) is 4.04. The monoisotopic (exact) mass is 331 g/mol. The van der Waals surface area contributed by atoms with Crippen LogP contribution in [0.15, 0.2) is 64.5 Å². The van der Waals surface area contributed by atoms with Gasteiger partial charge in [0.15, 0.2) is 23.1 Å². The molecule has 0 atom stereocenters.